The van der Waals surface area contributed by atoms with Crippen molar-refractivity contribution in [2.75, 3.05) is 32.7 Å². The van der Waals surface area contributed by atoms with Crippen LogP contribution in [0.4, 0.5) is 8.78 Å². The first kappa shape index (κ1) is 14.4. The minimum absolute atomic E-state index is 0.162. The summed E-state index contributed by atoms with van der Waals surface area (Å²) >= 11 is 0. The molecule has 2 rings (SSSR count). The van der Waals surface area contributed by atoms with E-state index in [1.165, 1.54) is 0 Å². The van der Waals surface area contributed by atoms with Gasteiger partial charge < -0.3 is 10.2 Å². The van der Waals surface area contributed by atoms with Gasteiger partial charge in [0.15, 0.2) is 0 Å². The van der Waals surface area contributed by atoms with Crippen molar-refractivity contribution >= 4 is 0 Å². The highest BCUT2D eigenvalue weighted by Crippen LogP contribution is 2.22. The lowest BCUT2D eigenvalue weighted by Crippen LogP contribution is -2.44. The molecular formula is C15H22F2N2. The van der Waals surface area contributed by atoms with Crippen LogP contribution in [0.5, 0.6) is 0 Å². The topological polar surface area (TPSA) is 15.3 Å². The lowest BCUT2D eigenvalue weighted by molar-refractivity contribution is 0.0224. The zero-order chi connectivity index (χ0) is 13.7. The zero-order valence-electron chi connectivity index (χ0n) is 11.5. The molecule has 19 heavy (non-hydrogen) atoms. The molecule has 0 aromatic heterocycles. The average molecular weight is 268 g/mol. The smallest absolute Gasteiger partial charge is 0.249 e. The van der Waals surface area contributed by atoms with E-state index in [1.807, 2.05) is 24.3 Å². The highest BCUT2D eigenvalue weighted by molar-refractivity contribution is 5.28. The van der Waals surface area contributed by atoms with Crippen molar-refractivity contribution in [1.29, 1.82) is 0 Å². The summed E-state index contributed by atoms with van der Waals surface area (Å²) in [6.45, 7) is 6.08. The second-order valence-electron chi connectivity index (χ2n) is 5.36. The molecule has 0 aliphatic carbocycles. The van der Waals surface area contributed by atoms with Crippen LogP contribution in [0.3, 0.4) is 0 Å². The van der Waals surface area contributed by atoms with E-state index in [4.69, 9.17) is 0 Å². The van der Waals surface area contributed by atoms with Crippen molar-refractivity contribution in [1.82, 2.24) is 10.2 Å². The molecule has 2 nitrogen and oxygen atoms in total. The van der Waals surface area contributed by atoms with Gasteiger partial charge in [0.1, 0.15) is 0 Å². The Hall–Kier alpha value is -1.00. The Morgan fingerprint density at radius 1 is 1.16 bits per heavy atom. The third-order valence-corrected chi connectivity index (χ3v) is 3.53. The summed E-state index contributed by atoms with van der Waals surface area (Å²) in [6, 6.07) is 7.58. The molecule has 0 bridgehead atoms. The number of hydrogen-bond donors (Lipinski definition) is 1. The predicted octanol–water partition coefficient (Wildman–Crippen LogP) is 2.33. The van der Waals surface area contributed by atoms with Crippen LogP contribution in [-0.2, 0) is 12.8 Å². The average Bonchev–Trinajstić information content (AvgIpc) is 2.37. The normalized spacial score (nSPS) is 17.6. The van der Waals surface area contributed by atoms with Gasteiger partial charge in [-0.2, -0.15) is 0 Å². The maximum atomic E-state index is 13.2. The van der Waals surface area contributed by atoms with Gasteiger partial charge >= 0.3 is 0 Å². The summed E-state index contributed by atoms with van der Waals surface area (Å²) in [7, 11) is 0. The summed E-state index contributed by atoms with van der Waals surface area (Å²) in [4.78, 5) is 2.39. The van der Waals surface area contributed by atoms with E-state index in [9.17, 15) is 8.78 Å². The van der Waals surface area contributed by atoms with Crippen LogP contribution >= 0.6 is 0 Å². The summed E-state index contributed by atoms with van der Waals surface area (Å²) in [6.07, 6.45) is 0.691. The van der Waals surface area contributed by atoms with Gasteiger partial charge in [-0.3, -0.25) is 0 Å². The Bertz CT molecular complexity index is 395. The van der Waals surface area contributed by atoms with Crippen molar-refractivity contribution in [3.63, 3.8) is 0 Å². The highest BCUT2D eigenvalue weighted by Gasteiger charge is 2.23. The minimum Gasteiger partial charge on any atom is -0.314 e. The highest BCUT2D eigenvalue weighted by atomic mass is 19.3. The molecule has 0 amide bonds. The second-order valence-corrected chi connectivity index (χ2v) is 5.36. The van der Waals surface area contributed by atoms with Gasteiger partial charge in [-0.25, -0.2) is 8.78 Å². The molecule has 0 saturated carbocycles. The molecular weight excluding hydrogens is 246 g/mol. The molecule has 1 N–H and O–H groups in total. The first-order chi connectivity index (χ1) is 9.04. The van der Waals surface area contributed by atoms with Gasteiger partial charge in [0.25, 0.3) is 0 Å². The van der Waals surface area contributed by atoms with E-state index in [2.05, 4.69) is 10.2 Å². The Morgan fingerprint density at radius 2 is 1.79 bits per heavy atom. The van der Waals surface area contributed by atoms with Crippen molar-refractivity contribution in [2.24, 2.45) is 0 Å². The van der Waals surface area contributed by atoms with E-state index < -0.39 is 5.92 Å². The fourth-order valence-corrected chi connectivity index (χ4v) is 2.52. The molecule has 1 aromatic carbocycles. The standard InChI is InChI=1S/C15H22F2N2/c1-15(16,17)12-14-5-3-2-4-13(14)6-9-19-10-7-18-8-11-19/h2-5,18H,6-12H2,1H3. The summed E-state index contributed by atoms with van der Waals surface area (Å²) < 4.78 is 26.3. The van der Waals surface area contributed by atoms with Crippen LogP contribution < -0.4 is 5.32 Å². The molecule has 0 atom stereocenters. The molecule has 0 unspecified atom stereocenters. The number of nitrogens with one attached hydrogen (secondary N) is 1. The molecule has 1 heterocycles. The lowest BCUT2D eigenvalue weighted by atomic mass is 9.99. The van der Waals surface area contributed by atoms with Crippen molar-refractivity contribution in [3.8, 4) is 0 Å². The monoisotopic (exact) mass is 268 g/mol. The van der Waals surface area contributed by atoms with Crippen LogP contribution in [0, 0.1) is 0 Å². The number of piperazine rings is 1. The summed E-state index contributed by atoms with van der Waals surface area (Å²) in [5.74, 6) is -2.63. The molecule has 0 radical (unpaired) electrons. The van der Waals surface area contributed by atoms with Gasteiger partial charge in [-0.05, 0) is 24.5 Å². The number of hydrogen-bond acceptors (Lipinski definition) is 2. The first-order valence-corrected chi connectivity index (χ1v) is 6.92. The fourth-order valence-electron chi connectivity index (χ4n) is 2.52. The Kier molecular flexibility index (Phi) is 4.88. The third-order valence-electron chi connectivity index (χ3n) is 3.53. The van der Waals surface area contributed by atoms with Crippen LogP contribution in [0.2, 0.25) is 0 Å². The lowest BCUT2D eigenvalue weighted by Gasteiger charge is -2.27. The summed E-state index contributed by atoms with van der Waals surface area (Å²) in [5.41, 5.74) is 1.84. The molecule has 0 spiro atoms. The molecule has 1 aromatic rings. The molecule has 1 aliphatic rings. The van der Waals surface area contributed by atoms with Gasteiger partial charge in [0.2, 0.25) is 5.92 Å². The third kappa shape index (κ3) is 4.88. The number of benzene rings is 1. The van der Waals surface area contributed by atoms with Gasteiger partial charge in [-0.15, -0.1) is 0 Å². The first-order valence-electron chi connectivity index (χ1n) is 6.92. The molecule has 106 valence electrons. The maximum absolute atomic E-state index is 13.2. The number of nitrogens with zero attached hydrogens (tertiary/aromatic N) is 1. The van der Waals surface area contributed by atoms with E-state index in [0.29, 0.717) is 0 Å². The Balaban J connectivity index is 1.95. The van der Waals surface area contributed by atoms with Crippen LogP contribution in [0.15, 0.2) is 24.3 Å². The van der Waals surface area contributed by atoms with Crippen molar-refractivity contribution in [2.45, 2.75) is 25.7 Å². The SMILES string of the molecule is CC(F)(F)Cc1ccccc1CCN1CCNCC1. The second kappa shape index (κ2) is 6.44. The van der Waals surface area contributed by atoms with E-state index in [-0.39, 0.29) is 6.42 Å². The van der Waals surface area contributed by atoms with Crippen molar-refractivity contribution in [3.05, 3.63) is 35.4 Å². The van der Waals surface area contributed by atoms with Gasteiger partial charge in [0.05, 0.1) is 0 Å². The summed E-state index contributed by atoms with van der Waals surface area (Å²) in [5, 5.41) is 3.31. The van der Waals surface area contributed by atoms with Crippen molar-refractivity contribution < 1.29 is 8.78 Å². The van der Waals surface area contributed by atoms with E-state index >= 15 is 0 Å². The minimum atomic E-state index is -2.63. The van der Waals surface area contributed by atoms with E-state index in [1.54, 1.807) is 0 Å². The predicted molar refractivity (Wildman–Crippen MR) is 73.8 cm³/mol. The Labute approximate surface area is 113 Å². The number of halogens is 2. The molecule has 1 saturated heterocycles. The zero-order valence-corrected chi connectivity index (χ0v) is 11.5. The maximum Gasteiger partial charge on any atom is 0.249 e. The molecule has 4 heteroatoms. The quantitative estimate of drug-likeness (QED) is 0.881. The van der Waals surface area contributed by atoms with Crippen LogP contribution in [0.25, 0.3) is 0 Å². The van der Waals surface area contributed by atoms with Gasteiger partial charge in [-0.1, -0.05) is 24.3 Å². The largest absolute Gasteiger partial charge is 0.314 e. The molecule has 1 fully saturated rings. The van der Waals surface area contributed by atoms with E-state index in [0.717, 1.165) is 57.2 Å². The number of rotatable bonds is 5. The van der Waals surface area contributed by atoms with Crippen LogP contribution in [-0.4, -0.2) is 43.5 Å². The number of alkyl halides is 2. The van der Waals surface area contributed by atoms with Gasteiger partial charge in [0, 0.05) is 39.1 Å². The fraction of sp³-hybridized carbons (Fsp3) is 0.600. The molecule has 1 aliphatic heterocycles. The Morgan fingerprint density at radius 3 is 2.42 bits per heavy atom. The van der Waals surface area contributed by atoms with Crippen LogP contribution in [0.1, 0.15) is 18.1 Å².